The molecule has 1 aromatic heterocycles. The van der Waals surface area contributed by atoms with E-state index in [1.54, 1.807) is 12.1 Å². The molecular formula is C30H27FN4. The monoisotopic (exact) mass is 462 g/mol. The molecule has 2 aromatic carbocycles. The average Bonchev–Trinajstić information content (AvgIpc) is 3.56. The Morgan fingerprint density at radius 2 is 2.00 bits per heavy atom. The van der Waals surface area contributed by atoms with Crippen LogP contribution in [0.5, 0.6) is 0 Å². The molecule has 4 heterocycles. The van der Waals surface area contributed by atoms with Crippen molar-refractivity contribution < 1.29 is 4.39 Å². The second kappa shape index (κ2) is 7.92. The number of aromatic amines is 1. The van der Waals surface area contributed by atoms with Crippen molar-refractivity contribution in [1.29, 1.82) is 0 Å². The third-order valence-corrected chi connectivity index (χ3v) is 7.36. The summed E-state index contributed by atoms with van der Waals surface area (Å²) in [4.78, 5) is 11.2. The number of H-pyrrole nitrogens is 1. The second-order valence-electron chi connectivity index (χ2n) is 9.85. The first-order valence-electron chi connectivity index (χ1n) is 12.4. The molecule has 4 aliphatic rings. The molecule has 0 amide bonds. The molecule has 2 atom stereocenters. The van der Waals surface area contributed by atoms with Crippen molar-refractivity contribution >= 4 is 16.6 Å². The van der Waals surface area contributed by atoms with E-state index in [0.29, 0.717) is 5.92 Å². The molecule has 0 radical (unpaired) electrons. The lowest BCUT2D eigenvalue weighted by atomic mass is 9.94. The molecule has 1 unspecified atom stereocenters. The molecule has 174 valence electrons. The minimum absolute atomic E-state index is 0.217. The van der Waals surface area contributed by atoms with E-state index in [9.17, 15) is 4.39 Å². The smallest absolute Gasteiger partial charge is 0.139 e. The maximum Gasteiger partial charge on any atom is 0.139 e. The van der Waals surface area contributed by atoms with Crippen molar-refractivity contribution in [2.24, 2.45) is 10.9 Å². The van der Waals surface area contributed by atoms with E-state index in [1.165, 1.54) is 28.5 Å². The highest BCUT2D eigenvalue weighted by atomic mass is 19.1. The second-order valence-corrected chi connectivity index (χ2v) is 9.85. The van der Waals surface area contributed by atoms with Gasteiger partial charge in [0.2, 0.25) is 0 Å². The van der Waals surface area contributed by atoms with Crippen LogP contribution in [0, 0.1) is 11.7 Å². The fraction of sp³-hybridized carbons (Fsp3) is 0.233. The Kier molecular flexibility index (Phi) is 4.68. The summed E-state index contributed by atoms with van der Waals surface area (Å²) in [6.07, 6.45) is 10.7. The van der Waals surface area contributed by atoms with E-state index in [-0.39, 0.29) is 12.0 Å². The first-order chi connectivity index (χ1) is 17.1. The van der Waals surface area contributed by atoms with Crippen molar-refractivity contribution in [2.75, 3.05) is 19.6 Å². The largest absolute Gasteiger partial charge is 0.353 e. The number of benzene rings is 2. The van der Waals surface area contributed by atoms with Crippen LogP contribution in [-0.4, -0.2) is 41.4 Å². The van der Waals surface area contributed by atoms with Gasteiger partial charge in [-0.05, 0) is 71.5 Å². The number of halogens is 1. The van der Waals surface area contributed by atoms with E-state index in [2.05, 4.69) is 64.6 Å². The number of rotatable bonds is 3. The van der Waals surface area contributed by atoms with Gasteiger partial charge in [0, 0.05) is 28.7 Å². The Hall–Kier alpha value is -3.70. The van der Waals surface area contributed by atoms with Gasteiger partial charge in [0.1, 0.15) is 12.0 Å². The molecule has 0 spiro atoms. The molecular weight excluding hydrogens is 435 g/mol. The SMILES string of the molecule is C[C@H]1C=C(C2=CCNCC2)C=C2C(=C1)N1CC1N=C2c1cc2c(-c3cccc(F)c3)cccc2[nH]1. The summed E-state index contributed by atoms with van der Waals surface area (Å²) >= 11 is 0. The van der Waals surface area contributed by atoms with E-state index >= 15 is 0 Å². The molecule has 1 fully saturated rings. The molecule has 1 saturated heterocycles. The number of aromatic nitrogens is 1. The zero-order chi connectivity index (χ0) is 23.5. The van der Waals surface area contributed by atoms with E-state index in [4.69, 9.17) is 4.99 Å². The predicted octanol–water partition coefficient (Wildman–Crippen LogP) is 5.72. The highest BCUT2D eigenvalue weighted by Gasteiger charge is 2.43. The topological polar surface area (TPSA) is 43.2 Å². The fourth-order valence-electron chi connectivity index (χ4n) is 5.59. The molecule has 2 N–H and O–H groups in total. The molecule has 0 bridgehead atoms. The number of fused-ring (bicyclic) bond motifs is 4. The van der Waals surface area contributed by atoms with Crippen molar-refractivity contribution in [2.45, 2.75) is 19.5 Å². The molecule has 1 aliphatic carbocycles. The number of nitrogens with one attached hydrogen (secondary N) is 2. The minimum Gasteiger partial charge on any atom is -0.353 e. The van der Waals surface area contributed by atoms with Gasteiger partial charge < -0.3 is 15.2 Å². The van der Waals surface area contributed by atoms with Crippen LogP contribution in [0.25, 0.3) is 22.0 Å². The summed E-state index contributed by atoms with van der Waals surface area (Å²) in [5.41, 5.74) is 10.2. The normalized spacial score (nSPS) is 23.4. The lowest BCUT2D eigenvalue weighted by Gasteiger charge is -2.21. The van der Waals surface area contributed by atoms with Crippen LogP contribution in [-0.2, 0) is 0 Å². The molecule has 3 aromatic rings. The molecule has 5 heteroatoms. The zero-order valence-electron chi connectivity index (χ0n) is 19.7. The van der Waals surface area contributed by atoms with E-state index in [0.717, 1.165) is 59.5 Å². The van der Waals surface area contributed by atoms with E-state index < -0.39 is 0 Å². The molecule has 3 aliphatic heterocycles. The van der Waals surface area contributed by atoms with Gasteiger partial charge in [-0.1, -0.05) is 49.4 Å². The number of aliphatic imine (C=N–C) groups is 1. The van der Waals surface area contributed by atoms with Gasteiger partial charge in [-0.15, -0.1) is 0 Å². The first-order valence-corrected chi connectivity index (χ1v) is 12.4. The Morgan fingerprint density at radius 1 is 1.09 bits per heavy atom. The number of hydrogen-bond donors (Lipinski definition) is 2. The van der Waals surface area contributed by atoms with Crippen LogP contribution < -0.4 is 5.32 Å². The quantitative estimate of drug-likeness (QED) is 0.489. The van der Waals surface area contributed by atoms with Crippen LogP contribution in [0.15, 0.2) is 100 Å². The lowest BCUT2D eigenvalue weighted by molar-refractivity contribution is 0.624. The first kappa shape index (κ1) is 20.7. The minimum atomic E-state index is -0.222. The molecule has 4 nitrogen and oxygen atoms in total. The Bertz CT molecular complexity index is 1520. The van der Waals surface area contributed by atoms with Crippen LogP contribution in [0.4, 0.5) is 4.39 Å². The van der Waals surface area contributed by atoms with E-state index in [1.807, 2.05) is 12.1 Å². The summed E-state index contributed by atoms with van der Waals surface area (Å²) in [6, 6.07) is 15.2. The van der Waals surface area contributed by atoms with Crippen LogP contribution >= 0.6 is 0 Å². The number of nitrogens with zero attached hydrogens (tertiary/aromatic N) is 2. The van der Waals surface area contributed by atoms with Gasteiger partial charge in [-0.25, -0.2) is 4.39 Å². The third kappa shape index (κ3) is 3.58. The van der Waals surface area contributed by atoms with Crippen molar-refractivity contribution in [3.8, 4) is 11.1 Å². The van der Waals surface area contributed by atoms with Gasteiger partial charge in [0.15, 0.2) is 0 Å². The molecule has 0 saturated carbocycles. The third-order valence-electron chi connectivity index (χ3n) is 7.36. The molecule has 35 heavy (non-hydrogen) atoms. The maximum absolute atomic E-state index is 14.0. The number of hydrogen-bond acceptors (Lipinski definition) is 3. The fourth-order valence-corrected chi connectivity index (χ4v) is 5.59. The van der Waals surface area contributed by atoms with Crippen LogP contribution in [0.3, 0.4) is 0 Å². The average molecular weight is 463 g/mol. The van der Waals surface area contributed by atoms with Gasteiger partial charge in [0.25, 0.3) is 0 Å². The van der Waals surface area contributed by atoms with Crippen LogP contribution in [0.2, 0.25) is 0 Å². The maximum atomic E-state index is 14.0. The van der Waals surface area contributed by atoms with Gasteiger partial charge >= 0.3 is 0 Å². The highest BCUT2D eigenvalue weighted by Crippen LogP contribution is 2.41. The summed E-state index contributed by atoms with van der Waals surface area (Å²) < 4.78 is 14.0. The van der Waals surface area contributed by atoms with Gasteiger partial charge in [-0.3, -0.25) is 4.99 Å². The standard InChI is InChI=1S/C30H27FN4/c1-18-12-21(19-8-10-32-11-9-19)15-25-28(13-18)35-17-29(35)34-30(25)27-16-24-23(6-3-7-26(24)33-27)20-4-2-5-22(31)14-20/h2-8,12-16,18,29,32-33H,9-11,17H2,1H3/t18-,29?,35?/m0/s1. The zero-order valence-corrected chi connectivity index (χ0v) is 19.7. The summed E-state index contributed by atoms with van der Waals surface area (Å²) in [7, 11) is 0. The van der Waals surface area contributed by atoms with Gasteiger partial charge in [-0.2, -0.15) is 0 Å². The summed E-state index contributed by atoms with van der Waals surface area (Å²) in [5, 5.41) is 4.51. The number of allylic oxidation sites excluding steroid dienone is 5. The van der Waals surface area contributed by atoms with Crippen molar-refractivity contribution in [1.82, 2.24) is 15.2 Å². The Labute approximate surface area is 204 Å². The highest BCUT2D eigenvalue weighted by molar-refractivity contribution is 6.18. The van der Waals surface area contributed by atoms with Crippen molar-refractivity contribution in [3.63, 3.8) is 0 Å². The summed E-state index contributed by atoms with van der Waals surface area (Å²) in [5.74, 6) is 0.132. The Morgan fingerprint density at radius 3 is 2.86 bits per heavy atom. The Balaban J connectivity index is 1.36. The summed E-state index contributed by atoms with van der Waals surface area (Å²) in [6.45, 7) is 5.17. The molecule has 7 rings (SSSR count). The predicted molar refractivity (Wildman–Crippen MR) is 140 cm³/mol. The van der Waals surface area contributed by atoms with Crippen LogP contribution in [0.1, 0.15) is 19.0 Å². The van der Waals surface area contributed by atoms with Gasteiger partial charge in [0.05, 0.1) is 18.0 Å². The lowest BCUT2D eigenvalue weighted by Crippen LogP contribution is -2.22. The van der Waals surface area contributed by atoms with Crippen molar-refractivity contribution in [3.05, 3.63) is 107 Å².